The molecule has 2 atom stereocenters. The van der Waals surface area contributed by atoms with Gasteiger partial charge < -0.3 is 10.1 Å². The fraction of sp³-hybridized carbons (Fsp3) is 0.846. The van der Waals surface area contributed by atoms with Gasteiger partial charge in [-0.25, -0.2) is 0 Å². The third-order valence-electron chi connectivity index (χ3n) is 2.60. The van der Waals surface area contributed by atoms with Crippen LogP contribution in [0.5, 0.6) is 0 Å². The zero-order chi connectivity index (χ0) is 13.4. The zero-order valence-corrected chi connectivity index (χ0v) is 11.6. The van der Waals surface area contributed by atoms with Gasteiger partial charge in [0, 0.05) is 5.92 Å². The Balaban J connectivity index is 3.83. The van der Waals surface area contributed by atoms with Crippen molar-refractivity contribution in [3.63, 3.8) is 0 Å². The number of amides is 1. The quantitative estimate of drug-likeness (QED) is 0.697. The van der Waals surface area contributed by atoms with Crippen LogP contribution in [0.1, 0.15) is 47.5 Å². The third kappa shape index (κ3) is 7.77. The summed E-state index contributed by atoms with van der Waals surface area (Å²) in [7, 11) is 0. The van der Waals surface area contributed by atoms with Crippen LogP contribution < -0.4 is 5.32 Å². The van der Waals surface area contributed by atoms with E-state index in [0.29, 0.717) is 5.92 Å². The first kappa shape index (κ1) is 15.9. The van der Waals surface area contributed by atoms with Crippen LogP contribution in [0.2, 0.25) is 0 Å². The lowest BCUT2D eigenvalue weighted by atomic mass is 10.1. The Bertz CT molecular complexity index is 251. The fourth-order valence-electron chi connectivity index (χ4n) is 1.50. The standard InChI is InChI=1S/C13H25NO3/c1-6-10(4)13(16)14-8-12(15)17-11(5)7-9(2)3/h9-11H,6-8H2,1-5H3,(H,14,16)/t10-,11+/m0/s1. The summed E-state index contributed by atoms with van der Waals surface area (Å²) in [4.78, 5) is 22.8. The van der Waals surface area contributed by atoms with Gasteiger partial charge >= 0.3 is 5.97 Å². The van der Waals surface area contributed by atoms with E-state index in [-0.39, 0.29) is 30.4 Å². The minimum Gasteiger partial charge on any atom is -0.461 e. The molecule has 0 unspecified atom stereocenters. The molecule has 0 saturated carbocycles. The number of hydrogen-bond donors (Lipinski definition) is 1. The van der Waals surface area contributed by atoms with Crippen molar-refractivity contribution in [3.8, 4) is 0 Å². The second-order valence-electron chi connectivity index (χ2n) is 4.96. The first-order chi connectivity index (χ1) is 7.86. The highest BCUT2D eigenvalue weighted by Gasteiger charge is 2.14. The first-order valence-corrected chi connectivity index (χ1v) is 6.34. The van der Waals surface area contributed by atoms with E-state index in [1.54, 1.807) is 0 Å². The lowest BCUT2D eigenvalue weighted by Gasteiger charge is -2.16. The van der Waals surface area contributed by atoms with Crippen molar-refractivity contribution in [2.24, 2.45) is 11.8 Å². The number of hydrogen-bond acceptors (Lipinski definition) is 3. The Kier molecular flexibility index (Phi) is 7.59. The highest BCUT2D eigenvalue weighted by atomic mass is 16.5. The minimum absolute atomic E-state index is 0.0361. The van der Waals surface area contributed by atoms with Crippen molar-refractivity contribution in [2.75, 3.05) is 6.54 Å². The molecule has 100 valence electrons. The molecule has 0 aromatic heterocycles. The Labute approximate surface area is 104 Å². The van der Waals surface area contributed by atoms with Gasteiger partial charge in [-0.2, -0.15) is 0 Å². The average Bonchev–Trinajstić information content (AvgIpc) is 2.23. The molecule has 0 radical (unpaired) electrons. The zero-order valence-electron chi connectivity index (χ0n) is 11.6. The summed E-state index contributed by atoms with van der Waals surface area (Å²) in [6, 6.07) is 0. The van der Waals surface area contributed by atoms with Gasteiger partial charge in [0.25, 0.3) is 0 Å². The molecule has 1 amide bonds. The largest absolute Gasteiger partial charge is 0.461 e. The molecule has 0 rings (SSSR count). The van der Waals surface area contributed by atoms with Gasteiger partial charge in [-0.15, -0.1) is 0 Å². The lowest BCUT2D eigenvalue weighted by Crippen LogP contribution is -2.35. The van der Waals surface area contributed by atoms with Gasteiger partial charge in [-0.3, -0.25) is 9.59 Å². The Morgan fingerprint density at radius 3 is 2.24 bits per heavy atom. The molecule has 4 nitrogen and oxygen atoms in total. The maximum Gasteiger partial charge on any atom is 0.325 e. The second-order valence-corrected chi connectivity index (χ2v) is 4.96. The van der Waals surface area contributed by atoms with Crippen molar-refractivity contribution >= 4 is 11.9 Å². The topological polar surface area (TPSA) is 55.4 Å². The molecule has 0 aliphatic rings. The SMILES string of the molecule is CC[C@H](C)C(=O)NCC(=O)O[C@H](C)CC(C)C. The van der Waals surface area contributed by atoms with Crippen molar-refractivity contribution in [2.45, 2.75) is 53.6 Å². The molecule has 0 heterocycles. The van der Waals surface area contributed by atoms with E-state index >= 15 is 0 Å². The minimum atomic E-state index is -0.366. The molecule has 0 aliphatic carbocycles. The smallest absolute Gasteiger partial charge is 0.325 e. The molecule has 4 heteroatoms. The van der Waals surface area contributed by atoms with Gasteiger partial charge in [0.15, 0.2) is 0 Å². The van der Waals surface area contributed by atoms with Gasteiger partial charge in [0.2, 0.25) is 5.91 Å². The molecule has 0 aromatic rings. The van der Waals surface area contributed by atoms with Crippen LogP contribution in [0.4, 0.5) is 0 Å². The summed E-state index contributed by atoms with van der Waals surface area (Å²) in [6.07, 6.45) is 1.51. The summed E-state index contributed by atoms with van der Waals surface area (Å²) in [5, 5.41) is 2.58. The van der Waals surface area contributed by atoms with E-state index in [9.17, 15) is 9.59 Å². The highest BCUT2D eigenvalue weighted by Crippen LogP contribution is 2.07. The molecule has 0 aliphatic heterocycles. The molecular weight excluding hydrogens is 218 g/mol. The highest BCUT2D eigenvalue weighted by molar-refractivity contribution is 5.83. The maximum absolute atomic E-state index is 11.4. The van der Waals surface area contributed by atoms with E-state index in [1.165, 1.54) is 0 Å². The van der Waals surface area contributed by atoms with E-state index < -0.39 is 0 Å². The number of rotatable bonds is 7. The predicted molar refractivity (Wildman–Crippen MR) is 67.5 cm³/mol. The van der Waals surface area contributed by atoms with Crippen LogP contribution in [0.25, 0.3) is 0 Å². The van der Waals surface area contributed by atoms with Crippen LogP contribution >= 0.6 is 0 Å². The Morgan fingerprint density at radius 1 is 1.18 bits per heavy atom. The van der Waals surface area contributed by atoms with Crippen molar-refractivity contribution in [3.05, 3.63) is 0 Å². The number of ether oxygens (including phenoxy) is 1. The molecule has 0 saturated heterocycles. The second kappa shape index (κ2) is 8.09. The van der Waals surface area contributed by atoms with Crippen LogP contribution in [0.15, 0.2) is 0 Å². The molecule has 0 spiro atoms. The van der Waals surface area contributed by atoms with E-state index in [4.69, 9.17) is 4.74 Å². The Hall–Kier alpha value is -1.06. The fourth-order valence-corrected chi connectivity index (χ4v) is 1.50. The summed E-state index contributed by atoms with van der Waals surface area (Å²) < 4.78 is 5.17. The van der Waals surface area contributed by atoms with Gasteiger partial charge in [-0.05, 0) is 25.7 Å². The molecular formula is C13H25NO3. The molecule has 0 aromatic carbocycles. The lowest BCUT2D eigenvalue weighted by molar-refractivity contribution is -0.149. The molecule has 0 bridgehead atoms. The number of esters is 1. The van der Waals surface area contributed by atoms with E-state index in [0.717, 1.165) is 12.8 Å². The van der Waals surface area contributed by atoms with Gasteiger partial charge in [-0.1, -0.05) is 27.7 Å². The molecule has 17 heavy (non-hydrogen) atoms. The van der Waals surface area contributed by atoms with Crippen molar-refractivity contribution in [1.82, 2.24) is 5.32 Å². The Morgan fingerprint density at radius 2 is 1.76 bits per heavy atom. The van der Waals surface area contributed by atoms with Crippen molar-refractivity contribution in [1.29, 1.82) is 0 Å². The van der Waals surface area contributed by atoms with Gasteiger partial charge in [0.05, 0.1) is 6.10 Å². The van der Waals surface area contributed by atoms with E-state index in [1.807, 2.05) is 20.8 Å². The normalized spacial score (nSPS) is 14.2. The predicted octanol–water partition coefficient (Wildman–Crippen LogP) is 2.13. The number of carbonyl (C=O) groups excluding carboxylic acids is 2. The average molecular weight is 243 g/mol. The summed E-state index contributed by atoms with van der Waals surface area (Å²) >= 11 is 0. The number of carbonyl (C=O) groups is 2. The molecule has 1 N–H and O–H groups in total. The van der Waals surface area contributed by atoms with Crippen molar-refractivity contribution < 1.29 is 14.3 Å². The van der Waals surface area contributed by atoms with Gasteiger partial charge in [0.1, 0.15) is 6.54 Å². The summed E-state index contributed by atoms with van der Waals surface area (Å²) in [5.41, 5.74) is 0. The monoisotopic (exact) mass is 243 g/mol. The number of nitrogens with one attached hydrogen (secondary N) is 1. The third-order valence-corrected chi connectivity index (χ3v) is 2.60. The summed E-state index contributed by atoms with van der Waals surface area (Å²) in [6.45, 7) is 9.76. The van der Waals surface area contributed by atoms with Crippen LogP contribution in [0, 0.1) is 11.8 Å². The van der Waals surface area contributed by atoms with Crippen LogP contribution in [0.3, 0.4) is 0 Å². The summed E-state index contributed by atoms with van der Waals surface area (Å²) in [5.74, 6) is -0.0286. The van der Waals surface area contributed by atoms with Crippen LogP contribution in [-0.4, -0.2) is 24.5 Å². The maximum atomic E-state index is 11.4. The first-order valence-electron chi connectivity index (χ1n) is 6.34. The molecule has 0 fully saturated rings. The van der Waals surface area contributed by atoms with Crippen LogP contribution in [-0.2, 0) is 14.3 Å². The van der Waals surface area contributed by atoms with E-state index in [2.05, 4.69) is 19.2 Å².